The summed E-state index contributed by atoms with van der Waals surface area (Å²) < 4.78 is 5.30. The van der Waals surface area contributed by atoms with Crippen LogP contribution >= 0.6 is 0 Å². The van der Waals surface area contributed by atoms with Crippen molar-refractivity contribution in [1.82, 2.24) is 5.32 Å². The summed E-state index contributed by atoms with van der Waals surface area (Å²) >= 11 is 0. The fourth-order valence-corrected chi connectivity index (χ4v) is 3.89. The Morgan fingerprint density at radius 3 is 2.73 bits per heavy atom. The van der Waals surface area contributed by atoms with Gasteiger partial charge in [0.05, 0.1) is 13.2 Å². The Labute approximate surface area is 157 Å². The van der Waals surface area contributed by atoms with E-state index in [0.29, 0.717) is 24.7 Å². The molecule has 1 aromatic rings. The second-order valence-electron chi connectivity index (χ2n) is 7.55. The molecular formula is C22H33NO3. The normalized spacial score (nSPS) is 21.4. The quantitative estimate of drug-likeness (QED) is 0.508. The lowest BCUT2D eigenvalue weighted by atomic mass is 9.76. The lowest BCUT2D eigenvalue weighted by Crippen LogP contribution is -2.45. The standard InChI is InChI=1S/C22H33NO3/c1-17-10-9-14-20(24)22(17)18(2)23-16-21(25)26-15-8-4-7-13-19-11-5-3-6-12-19/h3,5-6,11-12,17-18,22-23H,4,7-10,13-16H2,1-2H3. The number of carbonyl (C=O) groups excluding carboxylic acids is 2. The van der Waals surface area contributed by atoms with Crippen LogP contribution in [0.25, 0.3) is 0 Å². The van der Waals surface area contributed by atoms with Gasteiger partial charge in [0.15, 0.2) is 0 Å². The SMILES string of the molecule is CC1CCCC(=O)C1C(C)NCC(=O)OCCCCCc1ccccc1. The van der Waals surface area contributed by atoms with E-state index in [1.165, 1.54) is 5.56 Å². The number of ketones is 1. The number of unbranched alkanes of at least 4 members (excludes halogenated alkanes) is 2. The number of carbonyl (C=O) groups is 2. The lowest BCUT2D eigenvalue weighted by molar-refractivity contribution is -0.143. The number of ether oxygens (including phenoxy) is 1. The van der Waals surface area contributed by atoms with Crippen molar-refractivity contribution >= 4 is 11.8 Å². The summed E-state index contributed by atoms with van der Waals surface area (Å²) in [5.74, 6) is 0.514. The molecule has 3 unspecified atom stereocenters. The Morgan fingerprint density at radius 1 is 1.23 bits per heavy atom. The van der Waals surface area contributed by atoms with Crippen LogP contribution in [0, 0.1) is 11.8 Å². The van der Waals surface area contributed by atoms with Crippen LogP contribution in [0.5, 0.6) is 0 Å². The minimum atomic E-state index is -0.226. The molecule has 1 aliphatic rings. The molecule has 1 aliphatic carbocycles. The number of hydrogen-bond acceptors (Lipinski definition) is 4. The van der Waals surface area contributed by atoms with Gasteiger partial charge >= 0.3 is 5.97 Å². The van der Waals surface area contributed by atoms with Crippen molar-refractivity contribution < 1.29 is 14.3 Å². The van der Waals surface area contributed by atoms with Gasteiger partial charge in [0.1, 0.15) is 5.78 Å². The Morgan fingerprint density at radius 2 is 2.00 bits per heavy atom. The molecule has 4 heteroatoms. The second-order valence-corrected chi connectivity index (χ2v) is 7.55. The van der Waals surface area contributed by atoms with Crippen molar-refractivity contribution in [3.63, 3.8) is 0 Å². The molecule has 1 saturated carbocycles. The van der Waals surface area contributed by atoms with Crippen LogP contribution in [0.15, 0.2) is 30.3 Å². The van der Waals surface area contributed by atoms with E-state index in [2.05, 4.69) is 36.5 Å². The summed E-state index contributed by atoms with van der Waals surface area (Å²) in [5.41, 5.74) is 1.36. The molecule has 1 aromatic carbocycles. The van der Waals surface area contributed by atoms with Crippen molar-refractivity contribution in [2.75, 3.05) is 13.2 Å². The zero-order valence-electron chi connectivity index (χ0n) is 16.2. The summed E-state index contributed by atoms with van der Waals surface area (Å²) in [4.78, 5) is 24.0. The highest BCUT2D eigenvalue weighted by Crippen LogP contribution is 2.29. The van der Waals surface area contributed by atoms with Gasteiger partial charge in [0, 0.05) is 18.4 Å². The third-order valence-corrected chi connectivity index (χ3v) is 5.39. The first-order chi connectivity index (χ1) is 12.6. The number of aryl methyl sites for hydroxylation is 1. The topological polar surface area (TPSA) is 55.4 Å². The molecule has 144 valence electrons. The number of Topliss-reactive ketones (excluding diaryl/α,β-unsaturated/α-hetero) is 1. The maximum absolute atomic E-state index is 12.1. The number of hydrogen-bond donors (Lipinski definition) is 1. The third-order valence-electron chi connectivity index (χ3n) is 5.39. The average Bonchev–Trinajstić information content (AvgIpc) is 2.63. The zero-order valence-corrected chi connectivity index (χ0v) is 16.2. The first-order valence-electron chi connectivity index (χ1n) is 10.0. The summed E-state index contributed by atoms with van der Waals surface area (Å²) in [6.07, 6.45) is 6.90. The van der Waals surface area contributed by atoms with E-state index >= 15 is 0 Å². The van der Waals surface area contributed by atoms with E-state index in [4.69, 9.17) is 4.74 Å². The minimum absolute atomic E-state index is 0.0227. The van der Waals surface area contributed by atoms with Crippen LogP contribution in [-0.2, 0) is 20.7 Å². The highest BCUT2D eigenvalue weighted by Gasteiger charge is 2.33. The summed E-state index contributed by atoms with van der Waals surface area (Å²) in [6, 6.07) is 10.5. The van der Waals surface area contributed by atoms with Gasteiger partial charge in [-0.2, -0.15) is 0 Å². The van der Waals surface area contributed by atoms with Crippen LogP contribution < -0.4 is 5.32 Å². The minimum Gasteiger partial charge on any atom is -0.465 e. The van der Waals surface area contributed by atoms with E-state index < -0.39 is 0 Å². The molecule has 26 heavy (non-hydrogen) atoms. The molecule has 0 bridgehead atoms. The lowest BCUT2D eigenvalue weighted by Gasteiger charge is -2.32. The second kappa shape index (κ2) is 11.1. The van der Waals surface area contributed by atoms with Crippen LogP contribution in [0.1, 0.15) is 57.9 Å². The zero-order chi connectivity index (χ0) is 18.8. The Hall–Kier alpha value is -1.68. The largest absolute Gasteiger partial charge is 0.465 e. The molecule has 3 atom stereocenters. The predicted octanol–water partition coefficient (Wildman–Crippen LogP) is 3.93. The fraction of sp³-hybridized carbons (Fsp3) is 0.636. The maximum atomic E-state index is 12.1. The molecular weight excluding hydrogens is 326 g/mol. The molecule has 0 radical (unpaired) electrons. The van der Waals surface area contributed by atoms with Crippen molar-refractivity contribution in [1.29, 1.82) is 0 Å². The third kappa shape index (κ3) is 6.91. The van der Waals surface area contributed by atoms with Crippen molar-refractivity contribution in [3.05, 3.63) is 35.9 Å². The van der Waals surface area contributed by atoms with Crippen LogP contribution in [0.4, 0.5) is 0 Å². The van der Waals surface area contributed by atoms with E-state index in [1.807, 2.05) is 13.0 Å². The van der Waals surface area contributed by atoms with Gasteiger partial charge in [0.25, 0.3) is 0 Å². The summed E-state index contributed by atoms with van der Waals surface area (Å²) in [5, 5.41) is 3.19. The van der Waals surface area contributed by atoms with E-state index in [1.54, 1.807) is 0 Å². The van der Waals surface area contributed by atoms with Crippen molar-refractivity contribution in [3.8, 4) is 0 Å². The number of nitrogens with one attached hydrogen (secondary N) is 1. The molecule has 0 saturated heterocycles. The molecule has 0 spiro atoms. The summed E-state index contributed by atoms with van der Waals surface area (Å²) in [7, 11) is 0. The van der Waals surface area contributed by atoms with Crippen molar-refractivity contribution in [2.24, 2.45) is 11.8 Å². The molecule has 0 aromatic heterocycles. The molecule has 0 amide bonds. The summed E-state index contributed by atoms with van der Waals surface area (Å²) in [6.45, 7) is 4.79. The predicted molar refractivity (Wildman–Crippen MR) is 104 cm³/mol. The van der Waals surface area contributed by atoms with Gasteiger partial charge in [-0.1, -0.05) is 37.3 Å². The number of benzene rings is 1. The fourth-order valence-electron chi connectivity index (χ4n) is 3.89. The number of esters is 1. The Kier molecular flexibility index (Phi) is 8.82. The molecule has 0 aliphatic heterocycles. The van der Waals surface area contributed by atoms with Gasteiger partial charge in [-0.05, 0) is 56.9 Å². The van der Waals surface area contributed by atoms with Gasteiger partial charge in [0.2, 0.25) is 0 Å². The van der Waals surface area contributed by atoms with Crippen LogP contribution in [0.3, 0.4) is 0 Å². The smallest absolute Gasteiger partial charge is 0.319 e. The molecule has 1 fully saturated rings. The first kappa shape index (κ1) is 20.6. The van der Waals surface area contributed by atoms with Gasteiger partial charge in [-0.3, -0.25) is 9.59 Å². The number of rotatable bonds is 10. The first-order valence-corrected chi connectivity index (χ1v) is 10.0. The van der Waals surface area contributed by atoms with Crippen LogP contribution in [-0.4, -0.2) is 30.9 Å². The van der Waals surface area contributed by atoms with Gasteiger partial charge in [-0.15, -0.1) is 0 Å². The van der Waals surface area contributed by atoms with Crippen molar-refractivity contribution in [2.45, 2.75) is 64.8 Å². The highest BCUT2D eigenvalue weighted by atomic mass is 16.5. The molecule has 2 rings (SSSR count). The highest BCUT2D eigenvalue weighted by molar-refractivity contribution is 5.82. The maximum Gasteiger partial charge on any atom is 0.319 e. The van der Waals surface area contributed by atoms with E-state index in [-0.39, 0.29) is 24.5 Å². The van der Waals surface area contributed by atoms with Gasteiger partial charge in [-0.25, -0.2) is 0 Å². The molecule has 0 heterocycles. The van der Waals surface area contributed by atoms with Gasteiger partial charge < -0.3 is 10.1 Å². The van der Waals surface area contributed by atoms with Crippen LogP contribution in [0.2, 0.25) is 0 Å². The average molecular weight is 360 g/mol. The molecule has 1 N–H and O–H groups in total. The van der Waals surface area contributed by atoms with E-state index in [9.17, 15) is 9.59 Å². The van der Waals surface area contributed by atoms with E-state index in [0.717, 1.165) is 38.5 Å². The Bertz CT molecular complexity index is 558. The molecule has 4 nitrogen and oxygen atoms in total. The Balaban J connectivity index is 1.54. The monoisotopic (exact) mass is 359 g/mol.